The summed E-state index contributed by atoms with van der Waals surface area (Å²) in [6.45, 7) is 2.00. The Hall–Kier alpha value is -2.90. The minimum Gasteiger partial charge on any atom is -0.399 e. The number of thioether (sulfide) groups is 1. The van der Waals surface area contributed by atoms with E-state index < -0.39 is 0 Å². The Morgan fingerprint density at radius 2 is 1.79 bits per heavy atom. The van der Waals surface area contributed by atoms with Gasteiger partial charge in [-0.25, -0.2) is 4.98 Å². The van der Waals surface area contributed by atoms with E-state index in [9.17, 15) is 4.79 Å². The van der Waals surface area contributed by atoms with E-state index in [2.05, 4.69) is 0 Å². The maximum Gasteiger partial charge on any atom is 0.267 e. The Bertz CT molecular complexity index is 1210. The minimum absolute atomic E-state index is 0.0554. The third-order valence-electron chi connectivity index (χ3n) is 6.19. The normalized spacial score (nSPS) is 20.0. The van der Waals surface area contributed by atoms with Gasteiger partial charge in [0, 0.05) is 22.7 Å². The molecule has 1 amide bonds. The van der Waals surface area contributed by atoms with Crippen molar-refractivity contribution in [2.24, 2.45) is 4.99 Å². The van der Waals surface area contributed by atoms with Crippen LogP contribution in [0, 0.1) is 0 Å². The monoisotopic (exact) mass is 474 g/mol. The van der Waals surface area contributed by atoms with Crippen LogP contribution in [0.3, 0.4) is 0 Å². The summed E-state index contributed by atoms with van der Waals surface area (Å²) in [4.78, 5) is 25.9. The van der Waals surface area contributed by atoms with Crippen molar-refractivity contribution in [3.8, 4) is 11.3 Å². The molecule has 2 aromatic carbocycles. The largest absolute Gasteiger partial charge is 0.399 e. The number of rotatable bonds is 4. The topological polar surface area (TPSA) is 71.6 Å². The first kappa shape index (κ1) is 21.9. The smallest absolute Gasteiger partial charge is 0.267 e. The fraction of sp³-hybridized carbons (Fsp3) is 0.269. The average molecular weight is 475 g/mol. The lowest BCUT2D eigenvalue weighted by Crippen LogP contribution is -2.40. The van der Waals surface area contributed by atoms with Crippen LogP contribution in [-0.4, -0.2) is 27.0 Å². The number of amides is 1. The molecular formula is C26H26N4OS2. The molecular weight excluding hydrogens is 448 g/mol. The molecule has 1 aliphatic carbocycles. The molecule has 33 heavy (non-hydrogen) atoms. The molecule has 5 nitrogen and oxygen atoms in total. The second-order valence-electron chi connectivity index (χ2n) is 8.42. The number of carbonyl (C=O) groups excluding carboxylic acids is 1. The summed E-state index contributed by atoms with van der Waals surface area (Å²) >= 11 is 2.98. The molecule has 0 bridgehead atoms. The molecule has 1 aromatic heterocycles. The van der Waals surface area contributed by atoms with Crippen LogP contribution < -0.4 is 5.73 Å². The first-order valence-corrected chi connectivity index (χ1v) is 13.0. The molecule has 0 spiro atoms. The zero-order chi connectivity index (χ0) is 22.8. The van der Waals surface area contributed by atoms with Gasteiger partial charge in [-0.2, -0.15) is 4.99 Å². The summed E-state index contributed by atoms with van der Waals surface area (Å²) in [7, 11) is 0. The van der Waals surface area contributed by atoms with Crippen molar-refractivity contribution in [1.29, 1.82) is 0 Å². The average Bonchev–Trinajstić information content (AvgIpc) is 3.45. The van der Waals surface area contributed by atoms with Crippen molar-refractivity contribution < 1.29 is 4.79 Å². The van der Waals surface area contributed by atoms with Crippen molar-refractivity contribution in [1.82, 2.24) is 9.88 Å². The van der Waals surface area contributed by atoms with Gasteiger partial charge in [0.05, 0.1) is 10.6 Å². The van der Waals surface area contributed by atoms with E-state index in [0.717, 1.165) is 58.2 Å². The molecule has 3 aromatic rings. The molecule has 5 rings (SSSR count). The van der Waals surface area contributed by atoms with Gasteiger partial charge in [0.1, 0.15) is 0 Å². The van der Waals surface area contributed by atoms with Crippen LogP contribution >= 0.6 is 23.1 Å². The Morgan fingerprint density at radius 1 is 1.06 bits per heavy atom. The van der Waals surface area contributed by atoms with Crippen LogP contribution in [0.5, 0.6) is 0 Å². The van der Waals surface area contributed by atoms with Crippen LogP contribution in [0.15, 0.2) is 69.9 Å². The van der Waals surface area contributed by atoms with Crippen molar-refractivity contribution in [2.45, 2.75) is 45.1 Å². The zero-order valence-electron chi connectivity index (χ0n) is 18.5. The molecule has 2 N–H and O–H groups in total. The summed E-state index contributed by atoms with van der Waals surface area (Å²) < 4.78 is 0. The summed E-state index contributed by atoms with van der Waals surface area (Å²) in [6.07, 6.45) is 5.58. The number of hydrogen-bond acceptors (Lipinski definition) is 6. The van der Waals surface area contributed by atoms with Crippen LogP contribution in [0.4, 0.5) is 10.8 Å². The fourth-order valence-electron chi connectivity index (χ4n) is 4.36. The van der Waals surface area contributed by atoms with E-state index in [1.54, 1.807) is 0 Å². The van der Waals surface area contributed by atoms with E-state index in [1.807, 2.05) is 71.8 Å². The standard InChI is InChI=1S/C26H26N4OS2/c1-17(18-12-14-20(27)15-13-18)23-24(31)30(21-10-6-3-7-11-21)26(33-23)29-25-28-22(16-32-25)19-8-4-2-5-9-19/h2,4-5,8-9,12-16,21H,3,6-7,10-11,27H2,1H3/b23-17-,29-26+. The lowest BCUT2D eigenvalue weighted by Gasteiger charge is -2.30. The predicted octanol–water partition coefficient (Wildman–Crippen LogP) is 6.72. The Labute approximate surface area is 202 Å². The third kappa shape index (κ3) is 4.61. The molecule has 2 heterocycles. The third-order valence-corrected chi connectivity index (χ3v) is 8.08. The molecule has 1 saturated heterocycles. The van der Waals surface area contributed by atoms with Crippen LogP contribution in [0.1, 0.15) is 44.6 Å². The number of anilines is 1. The number of carbonyl (C=O) groups is 1. The number of benzene rings is 2. The number of aliphatic imine (C=N–C) groups is 1. The van der Waals surface area contributed by atoms with Crippen molar-refractivity contribution in [3.63, 3.8) is 0 Å². The van der Waals surface area contributed by atoms with E-state index >= 15 is 0 Å². The van der Waals surface area contributed by atoms with Gasteiger partial charge in [-0.05, 0) is 54.8 Å². The zero-order valence-corrected chi connectivity index (χ0v) is 20.2. The quantitative estimate of drug-likeness (QED) is 0.337. The van der Waals surface area contributed by atoms with Crippen molar-refractivity contribution in [2.75, 3.05) is 5.73 Å². The molecule has 2 aliphatic rings. The van der Waals surface area contributed by atoms with Gasteiger partial charge in [-0.3, -0.25) is 9.69 Å². The number of aromatic nitrogens is 1. The van der Waals surface area contributed by atoms with Crippen molar-refractivity contribution in [3.05, 3.63) is 70.4 Å². The molecule has 1 aliphatic heterocycles. The number of nitrogens with zero attached hydrogens (tertiary/aromatic N) is 3. The molecule has 0 unspecified atom stereocenters. The SMILES string of the molecule is C/C(=C1/S/C(=N/c2nc(-c3ccccc3)cs2)N(C2CCCCC2)C1=O)c1ccc(N)cc1. The molecule has 7 heteroatoms. The van der Waals surface area contributed by atoms with E-state index in [0.29, 0.717) is 10.8 Å². The Morgan fingerprint density at radius 3 is 2.52 bits per heavy atom. The highest BCUT2D eigenvalue weighted by molar-refractivity contribution is 8.18. The second-order valence-corrected chi connectivity index (χ2v) is 10.2. The second kappa shape index (κ2) is 9.53. The number of allylic oxidation sites excluding steroid dienone is 1. The lowest BCUT2D eigenvalue weighted by atomic mass is 9.94. The number of nitrogens with two attached hydrogens (primary N) is 1. The predicted molar refractivity (Wildman–Crippen MR) is 139 cm³/mol. The van der Waals surface area contributed by atoms with Crippen molar-refractivity contribution >= 4 is 50.6 Å². The summed E-state index contributed by atoms with van der Waals surface area (Å²) in [5, 5.41) is 3.44. The van der Waals surface area contributed by atoms with Crippen LogP contribution in [0.25, 0.3) is 16.8 Å². The van der Waals surface area contributed by atoms with Crippen LogP contribution in [-0.2, 0) is 4.79 Å². The van der Waals surface area contributed by atoms with Gasteiger partial charge < -0.3 is 5.73 Å². The van der Waals surface area contributed by atoms with E-state index in [4.69, 9.17) is 15.7 Å². The Kier molecular flexibility index (Phi) is 6.33. The maximum atomic E-state index is 13.6. The molecule has 2 fully saturated rings. The minimum atomic E-state index is 0.0554. The van der Waals surface area contributed by atoms with Gasteiger partial charge >= 0.3 is 0 Å². The number of thiazole rings is 1. The first-order chi connectivity index (χ1) is 16.1. The van der Waals surface area contributed by atoms with Gasteiger partial charge in [0.15, 0.2) is 5.17 Å². The summed E-state index contributed by atoms with van der Waals surface area (Å²) in [5.74, 6) is 0.0554. The highest BCUT2D eigenvalue weighted by Gasteiger charge is 2.40. The first-order valence-electron chi connectivity index (χ1n) is 11.3. The molecule has 0 atom stereocenters. The maximum absolute atomic E-state index is 13.6. The van der Waals surface area contributed by atoms with Gasteiger partial charge in [0.2, 0.25) is 5.13 Å². The van der Waals surface area contributed by atoms with Gasteiger partial charge in [-0.1, -0.05) is 61.7 Å². The highest BCUT2D eigenvalue weighted by Crippen LogP contribution is 2.41. The molecule has 168 valence electrons. The number of nitrogen functional groups attached to an aromatic ring is 1. The number of amidine groups is 1. The molecule has 1 saturated carbocycles. The van der Waals surface area contributed by atoms with Gasteiger partial charge in [0.25, 0.3) is 5.91 Å². The lowest BCUT2D eigenvalue weighted by molar-refractivity contribution is -0.124. The summed E-state index contributed by atoms with van der Waals surface area (Å²) in [5.41, 5.74) is 10.5. The highest BCUT2D eigenvalue weighted by atomic mass is 32.2. The van der Waals surface area contributed by atoms with E-state index in [1.165, 1.54) is 29.5 Å². The van der Waals surface area contributed by atoms with E-state index in [-0.39, 0.29) is 11.9 Å². The Balaban J connectivity index is 1.51. The summed E-state index contributed by atoms with van der Waals surface area (Å²) in [6, 6.07) is 18.0. The van der Waals surface area contributed by atoms with Gasteiger partial charge in [-0.15, -0.1) is 11.3 Å². The van der Waals surface area contributed by atoms with Crippen LogP contribution in [0.2, 0.25) is 0 Å². The number of hydrogen-bond donors (Lipinski definition) is 1. The molecule has 0 radical (unpaired) electrons. The fourth-order valence-corrected chi connectivity index (χ4v) is 6.21.